The molecule has 5 rings (SSSR count). The van der Waals surface area contributed by atoms with Crippen molar-refractivity contribution in [2.24, 2.45) is 0 Å². The van der Waals surface area contributed by atoms with Gasteiger partial charge < -0.3 is 9.47 Å². The van der Waals surface area contributed by atoms with E-state index in [1.165, 1.54) is 0 Å². The summed E-state index contributed by atoms with van der Waals surface area (Å²) in [5, 5.41) is 8.73. The Morgan fingerprint density at radius 1 is 0.926 bits per heavy atom. The van der Waals surface area contributed by atoms with Gasteiger partial charge in [0.15, 0.2) is 0 Å². The molecule has 5 nitrogen and oxygen atoms in total. The van der Waals surface area contributed by atoms with Crippen molar-refractivity contribution >= 4 is 16.8 Å². The smallest absolute Gasteiger partial charge is 0.133 e. The molecule has 0 amide bonds. The molecule has 0 radical (unpaired) electrons. The van der Waals surface area contributed by atoms with Crippen LogP contribution in [0, 0.1) is 0 Å². The van der Waals surface area contributed by atoms with E-state index in [0.717, 1.165) is 39.4 Å². The molecule has 0 saturated heterocycles. The van der Waals surface area contributed by atoms with E-state index in [1.807, 2.05) is 71.4 Å². The minimum absolute atomic E-state index is 0.0977. The van der Waals surface area contributed by atoms with Gasteiger partial charge in [-0.15, -0.1) is 5.10 Å². The Labute approximate surface area is 156 Å². The third-order valence-corrected chi connectivity index (χ3v) is 4.78. The molecule has 132 valence electrons. The lowest BCUT2D eigenvalue weighted by Crippen LogP contribution is -2.16. The fourth-order valence-corrected chi connectivity index (χ4v) is 3.41. The summed E-state index contributed by atoms with van der Waals surface area (Å²) in [4.78, 5) is 0. The van der Waals surface area contributed by atoms with Crippen molar-refractivity contribution in [3.63, 3.8) is 0 Å². The molecule has 0 spiro atoms. The van der Waals surface area contributed by atoms with Gasteiger partial charge in [-0.25, -0.2) is 4.68 Å². The van der Waals surface area contributed by atoms with Crippen LogP contribution in [-0.2, 0) is 0 Å². The molecule has 3 aromatic carbocycles. The monoisotopic (exact) mass is 355 g/mol. The third kappa shape index (κ3) is 2.64. The summed E-state index contributed by atoms with van der Waals surface area (Å²) in [5.41, 5.74) is 3.91. The van der Waals surface area contributed by atoms with Gasteiger partial charge in [0.25, 0.3) is 0 Å². The second kappa shape index (κ2) is 6.29. The van der Waals surface area contributed by atoms with Crippen LogP contribution in [0.3, 0.4) is 0 Å². The first-order valence-electron chi connectivity index (χ1n) is 8.76. The van der Waals surface area contributed by atoms with Gasteiger partial charge in [-0.3, -0.25) is 0 Å². The van der Waals surface area contributed by atoms with Crippen molar-refractivity contribution in [3.8, 4) is 11.5 Å². The van der Waals surface area contributed by atoms with Gasteiger partial charge in [-0.1, -0.05) is 35.5 Å². The maximum absolute atomic E-state index is 6.19. The number of methoxy groups -OCH3 is 1. The standard InChI is InChI=1S/C22H17N3O2/c1-26-16-12-10-15(11-13-16)22-14-20(17-6-2-5-9-21(17)27-22)25-19-8-4-3-7-18(19)23-24-25/h2-14,20H,1H3. The highest BCUT2D eigenvalue weighted by atomic mass is 16.5. The van der Waals surface area contributed by atoms with Crippen molar-refractivity contribution in [1.82, 2.24) is 15.0 Å². The van der Waals surface area contributed by atoms with Crippen LogP contribution in [0.2, 0.25) is 0 Å². The fourth-order valence-electron chi connectivity index (χ4n) is 3.41. The Morgan fingerprint density at radius 2 is 1.70 bits per heavy atom. The molecule has 0 N–H and O–H groups in total. The van der Waals surface area contributed by atoms with Crippen molar-refractivity contribution in [2.45, 2.75) is 6.04 Å². The van der Waals surface area contributed by atoms with Crippen LogP contribution in [0.1, 0.15) is 17.2 Å². The molecule has 0 saturated carbocycles. The molecule has 1 unspecified atom stereocenters. The lowest BCUT2D eigenvalue weighted by molar-refractivity contribution is 0.414. The first kappa shape index (κ1) is 15.6. The van der Waals surface area contributed by atoms with Gasteiger partial charge >= 0.3 is 0 Å². The van der Waals surface area contributed by atoms with E-state index in [2.05, 4.69) is 22.5 Å². The van der Waals surface area contributed by atoms with Crippen LogP contribution >= 0.6 is 0 Å². The maximum Gasteiger partial charge on any atom is 0.133 e. The highest BCUT2D eigenvalue weighted by Gasteiger charge is 2.25. The van der Waals surface area contributed by atoms with Crippen molar-refractivity contribution in [3.05, 3.63) is 90.0 Å². The Kier molecular flexibility index (Phi) is 3.64. The maximum atomic E-state index is 6.19. The number of para-hydroxylation sites is 2. The molecule has 1 atom stereocenters. The highest BCUT2D eigenvalue weighted by Crippen LogP contribution is 2.39. The zero-order valence-electron chi connectivity index (χ0n) is 14.7. The lowest BCUT2D eigenvalue weighted by atomic mass is 10.00. The van der Waals surface area contributed by atoms with Crippen LogP contribution in [0.4, 0.5) is 0 Å². The van der Waals surface area contributed by atoms with Gasteiger partial charge in [-0.05, 0) is 48.5 Å². The molecule has 2 heterocycles. The molecule has 0 aliphatic carbocycles. The molecule has 27 heavy (non-hydrogen) atoms. The van der Waals surface area contributed by atoms with Gasteiger partial charge in [0.2, 0.25) is 0 Å². The van der Waals surface area contributed by atoms with Gasteiger partial charge in [-0.2, -0.15) is 0 Å². The molecule has 1 aliphatic rings. The van der Waals surface area contributed by atoms with E-state index >= 15 is 0 Å². The summed E-state index contributed by atoms with van der Waals surface area (Å²) >= 11 is 0. The van der Waals surface area contributed by atoms with E-state index in [1.54, 1.807) is 7.11 Å². The zero-order valence-corrected chi connectivity index (χ0v) is 14.7. The third-order valence-electron chi connectivity index (χ3n) is 4.78. The van der Waals surface area contributed by atoms with Crippen LogP contribution in [0.5, 0.6) is 11.5 Å². The Morgan fingerprint density at radius 3 is 2.56 bits per heavy atom. The number of aromatic nitrogens is 3. The Bertz CT molecular complexity index is 1150. The molecular formula is C22H17N3O2. The number of nitrogens with zero attached hydrogens (tertiary/aromatic N) is 3. The Balaban J connectivity index is 1.66. The van der Waals surface area contributed by atoms with Crippen LogP contribution < -0.4 is 9.47 Å². The molecule has 0 fully saturated rings. The van der Waals surface area contributed by atoms with Gasteiger partial charge in [0.05, 0.1) is 12.6 Å². The quantitative estimate of drug-likeness (QED) is 0.544. The molecule has 0 bridgehead atoms. The lowest BCUT2D eigenvalue weighted by Gasteiger charge is -2.25. The van der Waals surface area contributed by atoms with Crippen LogP contribution in [0.15, 0.2) is 78.9 Å². The van der Waals surface area contributed by atoms with Crippen LogP contribution in [0.25, 0.3) is 16.8 Å². The molecule has 1 aromatic heterocycles. The summed E-state index contributed by atoms with van der Waals surface area (Å²) in [6.45, 7) is 0. The van der Waals surface area contributed by atoms with Gasteiger partial charge in [0.1, 0.15) is 28.8 Å². The minimum Gasteiger partial charge on any atom is -0.497 e. The summed E-state index contributed by atoms with van der Waals surface area (Å²) < 4.78 is 13.4. The van der Waals surface area contributed by atoms with E-state index in [0.29, 0.717) is 0 Å². The summed E-state index contributed by atoms with van der Waals surface area (Å²) in [6, 6.07) is 23.8. The molecule has 4 aromatic rings. The van der Waals surface area contributed by atoms with E-state index < -0.39 is 0 Å². The Hall–Kier alpha value is -3.60. The van der Waals surface area contributed by atoms with E-state index in [4.69, 9.17) is 9.47 Å². The summed E-state index contributed by atoms with van der Waals surface area (Å²) in [6.07, 6.45) is 2.09. The fraction of sp³-hybridized carbons (Fsp3) is 0.0909. The number of hydrogen-bond acceptors (Lipinski definition) is 4. The summed E-state index contributed by atoms with van der Waals surface area (Å²) in [7, 11) is 1.66. The highest BCUT2D eigenvalue weighted by molar-refractivity contribution is 5.75. The SMILES string of the molecule is COc1ccc(C2=CC(n3nnc4ccccc43)c3ccccc3O2)cc1. The van der Waals surface area contributed by atoms with Crippen molar-refractivity contribution in [1.29, 1.82) is 0 Å². The van der Waals surface area contributed by atoms with Crippen molar-refractivity contribution < 1.29 is 9.47 Å². The average molecular weight is 355 g/mol. The normalized spacial score (nSPS) is 15.7. The number of fused-ring (bicyclic) bond motifs is 2. The second-order valence-corrected chi connectivity index (χ2v) is 6.37. The predicted molar refractivity (Wildman–Crippen MR) is 104 cm³/mol. The zero-order chi connectivity index (χ0) is 18.2. The number of rotatable bonds is 3. The topological polar surface area (TPSA) is 49.2 Å². The first-order valence-corrected chi connectivity index (χ1v) is 8.76. The predicted octanol–water partition coefficient (Wildman–Crippen LogP) is 4.46. The van der Waals surface area contributed by atoms with Gasteiger partial charge in [0, 0.05) is 11.1 Å². The summed E-state index contributed by atoms with van der Waals surface area (Å²) in [5.74, 6) is 2.44. The molecule has 1 aliphatic heterocycles. The largest absolute Gasteiger partial charge is 0.497 e. The van der Waals surface area contributed by atoms with E-state index in [-0.39, 0.29) is 6.04 Å². The number of ether oxygens (including phenoxy) is 2. The number of hydrogen-bond donors (Lipinski definition) is 0. The minimum atomic E-state index is -0.0977. The average Bonchev–Trinajstić information content (AvgIpc) is 3.17. The number of allylic oxidation sites excluding steroid dienone is 1. The first-order chi connectivity index (χ1) is 13.3. The molecular weight excluding hydrogens is 338 g/mol. The van der Waals surface area contributed by atoms with E-state index in [9.17, 15) is 0 Å². The number of benzene rings is 3. The van der Waals surface area contributed by atoms with Crippen molar-refractivity contribution in [2.75, 3.05) is 7.11 Å². The second-order valence-electron chi connectivity index (χ2n) is 6.37. The van der Waals surface area contributed by atoms with Crippen LogP contribution in [-0.4, -0.2) is 22.1 Å². The molecule has 5 heteroatoms.